The van der Waals surface area contributed by atoms with Crippen molar-refractivity contribution < 1.29 is 4.79 Å². The van der Waals surface area contributed by atoms with Crippen LogP contribution in [0.4, 0.5) is 5.69 Å². The Morgan fingerprint density at radius 2 is 2.32 bits per heavy atom. The number of amides is 1. The maximum absolute atomic E-state index is 11.7. The zero-order valence-electron chi connectivity index (χ0n) is 11.1. The summed E-state index contributed by atoms with van der Waals surface area (Å²) >= 11 is 0. The molecule has 1 atom stereocenters. The summed E-state index contributed by atoms with van der Waals surface area (Å²) in [7, 11) is 1.93. The number of carbonyl (C=O) groups is 1. The van der Waals surface area contributed by atoms with Gasteiger partial charge in [0.15, 0.2) is 0 Å². The number of hydrogen-bond acceptors (Lipinski definition) is 3. The van der Waals surface area contributed by atoms with Crippen LogP contribution in [0.2, 0.25) is 0 Å². The number of anilines is 1. The Balaban J connectivity index is 2.16. The number of nitrogens with two attached hydrogens (primary N) is 1. The first-order valence-corrected chi connectivity index (χ1v) is 6.19. The lowest BCUT2D eigenvalue weighted by atomic mass is 10.1. The first-order chi connectivity index (χ1) is 9.06. The van der Waals surface area contributed by atoms with Crippen molar-refractivity contribution in [3.8, 4) is 11.4 Å². The van der Waals surface area contributed by atoms with Crippen molar-refractivity contribution in [1.82, 2.24) is 9.55 Å². The largest absolute Gasteiger partial charge is 0.334 e. The second kappa shape index (κ2) is 5.67. The summed E-state index contributed by atoms with van der Waals surface area (Å²) in [5, 5.41) is 2.84. The minimum Gasteiger partial charge on any atom is -0.334 e. The summed E-state index contributed by atoms with van der Waals surface area (Å²) in [5.41, 5.74) is 7.32. The van der Waals surface area contributed by atoms with Crippen LogP contribution in [-0.4, -0.2) is 21.5 Å². The quantitative estimate of drug-likeness (QED) is 0.877. The van der Waals surface area contributed by atoms with Crippen molar-refractivity contribution in [1.29, 1.82) is 0 Å². The monoisotopic (exact) mass is 258 g/mol. The van der Waals surface area contributed by atoms with Crippen molar-refractivity contribution in [2.75, 3.05) is 5.32 Å². The van der Waals surface area contributed by atoms with E-state index in [1.54, 1.807) is 6.20 Å². The van der Waals surface area contributed by atoms with Crippen molar-refractivity contribution in [2.24, 2.45) is 12.8 Å². The predicted molar refractivity (Wildman–Crippen MR) is 75.5 cm³/mol. The van der Waals surface area contributed by atoms with Crippen LogP contribution in [0.25, 0.3) is 11.4 Å². The molecule has 2 aromatic rings. The van der Waals surface area contributed by atoms with E-state index in [4.69, 9.17) is 5.73 Å². The van der Waals surface area contributed by atoms with Gasteiger partial charge in [-0.15, -0.1) is 0 Å². The fourth-order valence-electron chi connectivity index (χ4n) is 1.88. The third kappa shape index (κ3) is 3.42. The predicted octanol–water partition coefficient (Wildman–Crippen LogP) is 1.76. The van der Waals surface area contributed by atoms with Crippen LogP contribution in [0.1, 0.15) is 13.3 Å². The molecule has 3 N–H and O–H groups in total. The molecule has 0 aliphatic carbocycles. The molecule has 0 aliphatic rings. The Labute approximate surface area is 112 Å². The molecule has 0 aliphatic heterocycles. The van der Waals surface area contributed by atoms with Crippen LogP contribution in [-0.2, 0) is 11.8 Å². The van der Waals surface area contributed by atoms with Crippen LogP contribution in [0.3, 0.4) is 0 Å². The van der Waals surface area contributed by atoms with Gasteiger partial charge in [-0.25, -0.2) is 4.98 Å². The highest BCUT2D eigenvalue weighted by atomic mass is 16.1. The van der Waals surface area contributed by atoms with E-state index in [2.05, 4.69) is 10.3 Å². The molecule has 1 aromatic carbocycles. The molecule has 0 saturated heterocycles. The van der Waals surface area contributed by atoms with E-state index in [9.17, 15) is 4.79 Å². The van der Waals surface area contributed by atoms with Crippen LogP contribution < -0.4 is 11.1 Å². The highest BCUT2D eigenvalue weighted by molar-refractivity contribution is 5.91. The number of hydrogen-bond donors (Lipinski definition) is 2. The van der Waals surface area contributed by atoms with Gasteiger partial charge < -0.3 is 15.6 Å². The number of aryl methyl sites for hydroxylation is 1. The summed E-state index contributed by atoms with van der Waals surface area (Å²) in [6, 6.07) is 7.47. The van der Waals surface area contributed by atoms with E-state index in [0.717, 1.165) is 17.1 Å². The Bertz CT molecular complexity index is 574. The van der Waals surface area contributed by atoms with Gasteiger partial charge in [-0.2, -0.15) is 0 Å². The molecule has 1 unspecified atom stereocenters. The fourth-order valence-corrected chi connectivity index (χ4v) is 1.88. The third-order valence-corrected chi connectivity index (χ3v) is 2.73. The highest BCUT2D eigenvalue weighted by Crippen LogP contribution is 2.20. The second-order valence-electron chi connectivity index (χ2n) is 4.67. The van der Waals surface area contributed by atoms with Crippen molar-refractivity contribution >= 4 is 11.6 Å². The molecule has 100 valence electrons. The number of benzene rings is 1. The zero-order chi connectivity index (χ0) is 13.8. The van der Waals surface area contributed by atoms with Crippen molar-refractivity contribution in [3.05, 3.63) is 36.7 Å². The molecule has 0 spiro atoms. The summed E-state index contributed by atoms with van der Waals surface area (Å²) < 4.78 is 1.93. The second-order valence-corrected chi connectivity index (χ2v) is 4.67. The van der Waals surface area contributed by atoms with Gasteiger partial charge in [0.2, 0.25) is 5.91 Å². The average molecular weight is 258 g/mol. The summed E-state index contributed by atoms with van der Waals surface area (Å²) in [4.78, 5) is 16.0. The van der Waals surface area contributed by atoms with E-state index in [1.807, 2.05) is 49.0 Å². The van der Waals surface area contributed by atoms with E-state index in [-0.39, 0.29) is 11.9 Å². The number of nitrogens with one attached hydrogen (secondary N) is 1. The number of rotatable bonds is 4. The normalized spacial score (nSPS) is 12.2. The SMILES string of the molecule is CC(N)CC(=O)Nc1cccc(-c2nccn2C)c1. The minimum atomic E-state index is -0.141. The lowest BCUT2D eigenvalue weighted by molar-refractivity contribution is -0.116. The molecule has 5 heteroatoms. The van der Waals surface area contributed by atoms with E-state index in [0.29, 0.717) is 6.42 Å². The lowest BCUT2D eigenvalue weighted by Gasteiger charge is -2.09. The number of aromatic nitrogens is 2. The van der Waals surface area contributed by atoms with Gasteiger partial charge in [0.25, 0.3) is 0 Å². The molecular formula is C14H18N4O. The topological polar surface area (TPSA) is 72.9 Å². The third-order valence-electron chi connectivity index (χ3n) is 2.73. The van der Waals surface area contributed by atoms with Gasteiger partial charge in [-0.1, -0.05) is 12.1 Å². The number of nitrogens with zero attached hydrogens (tertiary/aromatic N) is 2. The van der Waals surface area contributed by atoms with Gasteiger partial charge in [-0.05, 0) is 19.1 Å². The first kappa shape index (κ1) is 13.3. The minimum absolute atomic E-state index is 0.0769. The molecule has 1 heterocycles. The highest BCUT2D eigenvalue weighted by Gasteiger charge is 2.07. The molecular weight excluding hydrogens is 240 g/mol. The van der Waals surface area contributed by atoms with Gasteiger partial charge >= 0.3 is 0 Å². The lowest BCUT2D eigenvalue weighted by Crippen LogP contribution is -2.23. The average Bonchev–Trinajstić information content (AvgIpc) is 2.74. The standard InChI is InChI=1S/C14H18N4O/c1-10(15)8-13(19)17-12-5-3-4-11(9-12)14-16-6-7-18(14)2/h3-7,9-10H,8,15H2,1-2H3,(H,17,19). The molecule has 2 rings (SSSR count). The van der Waals surface area contributed by atoms with Crippen LogP contribution in [0.5, 0.6) is 0 Å². The van der Waals surface area contributed by atoms with Crippen LogP contribution in [0.15, 0.2) is 36.7 Å². The Morgan fingerprint density at radius 3 is 2.95 bits per heavy atom. The smallest absolute Gasteiger partial charge is 0.225 e. The molecule has 0 radical (unpaired) electrons. The van der Waals surface area contributed by atoms with Crippen molar-refractivity contribution in [2.45, 2.75) is 19.4 Å². The maximum atomic E-state index is 11.7. The summed E-state index contributed by atoms with van der Waals surface area (Å²) in [5.74, 6) is 0.787. The van der Waals surface area contributed by atoms with E-state index >= 15 is 0 Å². The number of carbonyl (C=O) groups excluding carboxylic acids is 1. The van der Waals surface area contributed by atoms with Gasteiger partial charge in [0.1, 0.15) is 5.82 Å². The summed E-state index contributed by atoms with van der Waals surface area (Å²) in [6.45, 7) is 1.81. The van der Waals surface area contributed by atoms with Crippen LogP contribution in [0, 0.1) is 0 Å². The Kier molecular flexibility index (Phi) is 3.97. The van der Waals surface area contributed by atoms with Crippen molar-refractivity contribution in [3.63, 3.8) is 0 Å². The fraction of sp³-hybridized carbons (Fsp3) is 0.286. The molecule has 19 heavy (non-hydrogen) atoms. The van der Waals surface area contributed by atoms with Gasteiger partial charge in [0.05, 0.1) is 0 Å². The maximum Gasteiger partial charge on any atom is 0.225 e. The molecule has 0 bridgehead atoms. The van der Waals surface area contributed by atoms with Gasteiger partial charge in [0, 0.05) is 43.2 Å². The first-order valence-electron chi connectivity index (χ1n) is 6.19. The Morgan fingerprint density at radius 1 is 1.53 bits per heavy atom. The molecule has 5 nitrogen and oxygen atoms in total. The number of imidazole rings is 1. The zero-order valence-corrected chi connectivity index (χ0v) is 11.1. The summed E-state index contributed by atoms with van der Waals surface area (Å²) in [6.07, 6.45) is 3.94. The molecule has 1 aromatic heterocycles. The van der Waals surface area contributed by atoms with Gasteiger partial charge in [-0.3, -0.25) is 4.79 Å². The molecule has 0 fully saturated rings. The molecule has 1 amide bonds. The van der Waals surface area contributed by atoms with E-state index < -0.39 is 0 Å². The Hall–Kier alpha value is -2.14. The van der Waals surface area contributed by atoms with E-state index in [1.165, 1.54) is 0 Å². The molecule has 0 saturated carbocycles. The van der Waals surface area contributed by atoms with Crippen LogP contribution >= 0.6 is 0 Å².